The number of carbonyl (C=O) groups excluding carboxylic acids is 1. The summed E-state index contributed by atoms with van der Waals surface area (Å²) in [5.41, 5.74) is 0.157. The van der Waals surface area contributed by atoms with Crippen LogP contribution < -0.4 is 0 Å². The van der Waals surface area contributed by atoms with Gasteiger partial charge < -0.3 is 0 Å². The van der Waals surface area contributed by atoms with Gasteiger partial charge in [-0.05, 0) is 36.0 Å². The van der Waals surface area contributed by atoms with E-state index >= 15 is 0 Å². The van der Waals surface area contributed by atoms with Gasteiger partial charge in [-0.25, -0.2) is 0 Å². The molecule has 15 heavy (non-hydrogen) atoms. The van der Waals surface area contributed by atoms with E-state index in [-0.39, 0.29) is 5.41 Å². The SMILES string of the molecule is CC(C)(C)CC(=O)CC1CC2C=CC1C2. The maximum absolute atomic E-state index is 11.9. The van der Waals surface area contributed by atoms with Crippen molar-refractivity contribution >= 4 is 5.78 Å². The van der Waals surface area contributed by atoms with Crippen molar-refractivity contribution in [2.24, 2.45) is 23.2 Å². The van der Waals surface area contributed by atoms with Crippen LogP contribution in [0.4, 0.5) is 0 Å². The van der Waals surface area contributed by atoms with Gasteiger partial charge in [0.2, 0.25) is 0 Å². The summed E-state index contributed by atoms with van der Waals surface area (Å²) in [4.78, 5) is 11.9. The number of Topliss-reactive ketones (excluding diaryl/α,β-unsaturated/α-hetero) is 1. The quantitative estimate of drug-likeness (QED) is 0.645. The first-order valence-electron chi connectivity index (χ1n) is 6.14. The van der Waals surface area contributed by atoms with Crippen LogP contribution >= 0.6 is 0 Å². The zero-order valence-electron chi connectivity index (χ0n) is 10.1. The van der Waals surface area contributed by atoms with E-state index in [4.69, 9.17) is 0 Å². The molecular formula is C14H22O. The smallest absolute Gasteiger partial charge is 0.133 e. The maximum atomic E-state index is 11.9. The summed E-state index contributed by atoms with van der Waals surface area (Å²) in [5, 5.41) is 0. The first-order valence-corrected chi connectivity index (χ1v) is 6.14. The molecule has 2 aliphatic rings. The lowest BCUT2D eigenvalue weighted by atomic mass is 9.83. The normalized spacial score (nSPS) is 33.7. The second kappa shape index (κ2) is 3.77. The van der Waals surface area contributed by atoms with Gasteiger partial charge in [0.15, 0.2) is 0 Å². The van der Waals surface area contributed by atoms with Crippen molar-refractivity contribution in [1.82, 2.24) is 0 Å². The van der Waals surface area contributed by atoms with Gasteiger partial charge in [0.1, 0.15) is 5.78 Å². The number of hydrogen-bond donors (Lipinski definition) is 0. The topological polar surface area (TPSA) is 17.1 Å². The summed E-state index contributed by atoms with van der Waals surface area (Å²) in [7, 11) is 0. The first kappa shape index (κ1) is 10.9. The summed E-state index contributed by atoms with van der Waals surface area (Å²) in [6, 6.07) is 0. The molecule has 1 heteroatoms. The molecule has 2 bridgehead atoms. The molecule has 0 saturated heterocycles. The number of ketones is 1. The molecule has 0 aliphatic heterocycles. The van der Waals surface area contributed by atoms with Crippen LogP contribution in [0.25, 0.3) is 0 Å². The van der Waals surface area contributed by atoms with Crippen LogP contribution in [0, 0.1) is 23.2 Å². The minimum absolute atomic E-state index is 0.157. The predicted molar refractivity (Wildman–Crippen MR) is 62.5 cm³/mol. The molecule has 3 atom stereocenters. The molecule has 0 N–H and O–H groups in total. The van der Waals surface area contributed by atoms with Crippen LogP contribution in [-0.2, 0) is 4.79 Å². The Morgan fingerprint density at radius 3 is 2.47 bits per heavy atom. The second-order valence-electron chi connectivity index (χ2n) is 6.52. The highest BCUT2D eigenvalue weighted by molar-refractivity contribution is 5.79. The molecule has 1 nitrogen and oxygen atoms in total. The van der Waals surface area contributed by atoms with Crippen molar-refractivity contribution in [3.63, 3.8) is 0 Å². The highest BCUT2D eigenvalue weighted by atomic mass is 16.1. The van der Waals surface area contributed by atoms with E-state index in [0.717, 1.165) is 24.7 Å². The van der Waals surface area contributed by atoms with Crippen LogP contribution in [0.15, 0.2) is 12.2 Å². The minimum atomic E-state index is 0.157. The van der Waals surface area contributed by atoms with Gasteiger partial charge in [-0.3, -0.25) is 4.79 Å². The van der Waals surface area contributed by atoms with Crippen molar-refractivity contribution in [2.45, 2.75) is 46.5 Å². The molecule has 0 aromatic heterocycles. The van der Waals surface area contributed by atoms with Crippen LogP contribution in [-0.4, -0.2) is 5.78 Å². The molecule has 2 aliphatic carbocycles. The Morgan fingerprint density at radius 1 is 1.27 bits per heavy atom. The Hall–Kier alpha value is -0.590. The molecule has 0 aromatic carbocycles. The fourth-order valence-corrected chi connectivity index (χ4v) is 3.09. The highest BCUT2D eigenvalue weighted by Crippen LogP contribution is 2.45. The van der Waals surface area contributed by atoms with Crippen LogP contribution in [0.5, 0.6) is 0 Å². The molecule has 0 heterocycles. The van der Waals surface area contributed by atoms with Crippen molar-refractivity contribution in [3.05, 3.63) is 12.2 Å². The summed E-state index contributed by atoms with van der Waals surface area (Å²) >= 11 is 0. The van der Waals surface area contributed by atoms with E-state index < -0.39 is 0 Å². The predicted octanol–water partition coefficient (Wildman–Crippen LogP) is 3.59. The molecular weight excluding hydrogens is 184 g/mol. The molecule has 84 valence electrons. The third kappa shape index (κ3) is 2.70. The molecule has 3 unspecified atom stereocenters. The van der Waals surface area contributed by atoms with E-state index in [9.17, 15) is 4.79 Å². The monoisotopic (exact) mass is 206 g/mol. The van der Waals surface area contributed by atoms with E-state index in [1.807, 2.05) is 0 Å². The standard InChI is InChI=1S/C14H22O/c1-14(2,3)9-13(15)8-12-7-10-4-5-11(12)6-10/h4-5,10-12H,6-9H2,1-3H3. The maximum Gasteiger partial charge on any atom is 0.133 e. The number of carbonyl (C=O) groups is 1. The molecule has 0 aromatic rings. The summed E-state index contributed by atoms with van der Waals surface area (Å²) in [6.07, 6.45) is 8.82. The third-order valence-electron chi connectivity index (χ3n) is 3.63. The van der Waals surface area contributed by atoms with Gasteiger partial charge in [-0.15, -0.1) is 0 Å². The number of fused-ring (bicyclic) bond motifs is 2. The van der Waals surface area contributed by atoms with E-state index in [2.05, 4.69) is 32.9 Å². The number of hydrogen-bond acceptors (Lipinski definition) is 1. The minimum Gasteiger partial charge on any atom is -0.300 e. The van der Waals surface area contributed by atoms with Crippen molar-refractivity contribution in [3.8, 4) is 0 Å². The Labute approximate surface area is 92.9 Å². The van der Waals surface area contributed by atoms with E-state index in [1.54, 1.807) is 0 Å². The Morgan fingerprint density at radius 2 is 2.00 bits per heavy atom. The van der Waals surface area contributed by atoms with Crippen molar-refractivity contribution in [2.75, 3.05) is 0 Å². The zero-order chi connectivity index (χ0) is 11.1. The molecule has 2 rings (SSSR count). The Bertz CT molecular complexity index is 282. The fourth-order valence-electron chi connectivity index (χ4n) is 3.09. The van der Waals surface area contributed by atoms with Gasteiger partial charge in [-0.2, -0.15) is 0 Å². The number of allylic oxidation sites excluding steroid dienone is 2. The summed E-state index contributed by atoms with van der Waals surface area (Å²) in [6.45, 7) is 6.43. The van der Waals surface area contributed by atoms with Gasteiger partial charge in [0.05, 0.1) is 0 Å². The summed E-state index contributed by atoms with van der Waals surface area (Å²) in [5.74, 6) is 2.64. The lowest BCUT2D eigenvalue weighted by Crippen LogP contribution is -2.18. The van der Waals surface area contributed by atoms with Gasteiger partial charge in [-0.1, -0.05) is 32.9 Å². The fraction of sp³-hybridized carbons (Fsp3) is 0.786. The highest BCUT2D eigenvalue weighted by Gasteiger charge is 2.36. The molecule has 0 spiro atoms. The molecule has 1 saturated carbocycles. The first-order chi connectivity index (χ1) is 6.94. The van der Waals surface area contributed by atoms with Crippen LogP contribution in [0.1, 0.15) is 46.5 Å². The van der Waals surface area contributed by atoms with E-state index in [1.165, 1.54) is 12.8 Å². The average molecular weight is 206 g/mol. The lowest BCUT2D eigenvalue weighted by Gasteiger charge is -2.21. The summed E-state index contributed by atoms with van der Waals surface area (Å²) < 4.78 is 0. The molecule has 1 fully saturated rings. The zero-order valence-corrected chi connectivity index (χ0v) is 10.1. The Balaban J connectivity index is 1.83. The number of rotatable bonds is 3. The molecule has 0 amide bonds. The van der Waals surface area contributed by atoms with Gasteiger partial charge in [0.25, 0.3) is 0 Å². The van der Waals surface area contributed by atoms with E-state index in [0.29, 0.717) is 11.7 Å². The lowest BCUT2D eigenvalue weighted by molar-refractivity contribution is -0.121. The van der Waals surface area contributed by atoms with Crippen molar-refractivity contribution in [1.29, 1.82) is 0 Å². The Kier molecular flexibility index (Phi) is 2.74. The van der Waals surface area contributed by atoms with Crippen LogP contribution in [0.3, 0.4) is 0 Å². The van der Waals surface area contributed by atoms with Gasteiger partial charge in [0, 0.05) is 12.8 Å². The second-order valence-corrected chi connectivity index (χ2v) is 6.52. The largest absolute Gasteiger partial charge is 0.300 e. The van der Waals surface area contributed by atoms with Crippen LogP contribution in [0.2, 0.25) is 0 Å². The van der Waals surface area contributed by atoms with Gasteiger partial charge >= 0.3 is 0 Å². The third-order valence-corrected chi connectivity index (χ3v) is 3.63. The molecule has 0 radical (unpaired) electrons. The van der Waals surface area contributed by atoms with Crippen molar-refractivity contribution < 1.29 is 4.79 Å². The average Bonchev–Trinajstić information content (AvgIpc) is 2.60.